The molecular weight excluding hydrogens is 525 g/mol. The van der Waals surface area contributed by atoms with Crippen molar-refractivity contribution in [3.05, 3.63) is 18.5 Å². The minimum Gasteiger partial charge on any atom is -0.357 e. The fourth-order valence-electron chi connectivity index (χ4n) is 3.22. The summed E-state index contributed by atoms with van der Waals surface area (Å²) in [4.78, 5) is 17.5. The van der Waals surface area contributed by atoms with Crippen LogP contribution in [0.2, 0.25) is 0 Å². The number of thioether (sulfide) groups is 1. The van der Waals surface area contributed by atoms with E-state index in [4.69, 9.17) is 0 Å². The van der Waals surface area contributed by atoms with Crippen LogP contribution < -0.4 is 10.2 Å². The van der Waals surface area contributed by atoms with E-state index >= 15 is 0 Å². The number of hydrogen-bond donors (Lipinski definition) is 1. The lowest BCUT2D eigenvalue weighted by molar-refractivity contribution is 0.370. The van der Waals surface area contributed by atoms with Crippen molar-refractivity contribution in [3.8, 4) is 0 Å². The standard InChI is InChI=1S/C17H29N7O2S2.HI/c1-2-18-16(21-6-15-28(25,26)24-11-13-27-14-12-24)22-7-9-23(10-8-22)17-19-4-3-5-20-17;/h3-5H,2,6-15H2,1H3,(H,18,21);1H. The minimum absolute atomic E-state index is 0. The van der Waals surface area contributed by atoms with E-state index in [1.54, 1.807) is 28.5 Å². The number of aliphatic imine (C=N–C) groups is 1. The highest BCUT2D eigenvalue weighted by molar-refractivity contribution is 14.0. The van der Waals surface area contributed by atoms with Crippen molar-refractivity contribution < 1.29 is 8.42 Å². The van der Waals surface area contributed by atoms with E-state index < -0.39 is 10.0 Å². The number of nitrogens with zero attached hydrogens (tertiary/aromatic N) is 6. The van der Waals surface area contributed by atoms with Crippen LogP contribution in [0.25, 0.3) is 0 Å². The molecule has 164 valence electrons. The van der Waals surface area contributed by atoms with E-state index in [0.717, 1.165) is 56.1 Å². The molecule has 0 unspecified atom stereocenters. The van der Waals surface area contributed by atoms with Gasteiger partial charge >= 0.3 is 0 Å². The third kappa shape index (κ3) is 7.10. The number of rotatable bonds is 6. The van der Waals surface area contributed by atoms with Crippen molar-refractivity contribution in [1.82, 2.24) is 24.5 Å². The molecule has 0 spiro atoms. The molecule has 1 aromatic heterocycles. The number of guanidine groups is 1. The third-order valence-electron chi connectivity index (χ3n) is 4.72. The molecule has 2 fully saturated rings. The van der Waals surface area contributed by atoms with Crippen molar-refractivity contribution >= 4 is 57.7 Å². The SMILES string of the molecule is CCNC(=NCCS(=O)(=O)N1CCSCC1)N1CCN(c2ncccn2)CC1.I. The second kappa shape index (κ2) is 12.1. The summed E-state index contributed by atoms with van der Waals surface area (Å²) in [6.45, 7) is 7.45. The van der Waals surface area contributed by atoms with Crippen LogP contribution in [0.4, 0.5) is 5.95 Å². The molecule has 0 aromatic carbocycles. The van der Waals surface area contributed by atoms with E-state index in [0.29, 0.717) is 13.1 Å². The second-order valence-corrected chi connectivity index (χ2v) is 9.90. The number of sulfonamides is 1. The highest BCUT2D eigenvalue weighted by Gasteiger charge is 2.24. The van der Waals surface area contributed by atoms with E-state index in [1.165, 1.54) is 0 Å². The molecule has 1 aromatic rings. The maximum Gasteiger partial charge on any atom is 0.225 e. The van der Waals surface area contributed by atoms with Crippen molar-refractivity contribution in [2.24, 2.45) is 4.99 Å². The zero-order chi connectivity index (χ0) is 19.8. The zero-order valence-corrected chi connectivity index (χ0v) is 20.7. The predicted octanol–water partition coefficient (Wildman–Crippen LogP) is 0.561. The maximum absolute atomic E-state index is 12.5. The van der Waals surface area contributed by atoms with Gasteiger partial charge in [-0.2, -0.15) is 11.8 Å². The Morgan fingerprint density at radius 2 is 1.79 bits per heavy atom. The molecule has 0 radical (unpaired) electrons. The van der Waals surface area contributed by atoms with Gasteiger partial charge < -0.3 is 15.1 Å². The van der Waals surface area contributed by atoms with Crippen LogP contribution in [0.1, 0.15) is 6.92 Å². The largest absolute Gasteiger partial charge is 0.357 e. The monoisotopic (exact) mass is 555 g/mol. The third-order valence-corrected chi connectivity index (χ3v) is 7.52. The smallest absolute Gasteiger partial charge is 0.225 e. The van der Waals surface area contributed by atoms with Crippen molar-refractivity contribution in [3.63, 3.8) is 0 Å². The van der Waals surface area contributed by atoms with Crippen LogP contribution in [0.15, 0.2) is 23.5 Å². The lowest BCUT2D eigenvalue weighted by Crippen LogP contribution is -2.53. The fourth-order valence-corrected chi connectivity index (χ4v) is 5.67. The Bertz CT molecular complexity index is 737. The van der Waals surface area contributed by atoms with Gasteiger partial charge in [0.2, 0.25) is 16.0 Å². The molecule has 0 atom stereocenters. The summed E-state index contributed by atoms with van der Waals surface area (Å²) in [5.41, 5.74) is 0. The van der Waals surface area contributed by atoms with Gasteiger partial charge in [-0.1, -0.05) is 0 Å². The highest BCUT2D eigenvalue weighted by atomic mass is 127. The predicted molar refractivity (Wildman–Crippen MR) is 130 cm³/mol. The Morgan fingerprint density at radius 1 is 1.14 bits per heavy atom. The molecule has 0 aliphatic carbocycles. The Labute approximate surface area is 194 Å². The molecule has 0 amide bonds. The van der Waals surface area contributed by atoms with Gasteiger partial charge in [0.15, 0.2) is 5.96 Å². The number of halogens is 1. The van der Waals surface area contributed by atoms with Gasteiger partial charge in [-0.25, -0.2) is 22.7 Å². The maximum atomic E-state index is 12.5. The summed E-state index contributed by atoms with van der Waals surface area (Å²) in [5, 5.41) is 3.29. The molecular formula is C17H30IN7O2S2. The molecule has 12 heteroatoms. The Kier molecular flexibility index (Phi) is 10.2. The van der Waals surface area contributed by atoms with E-state index in [1.807, 2.05) is 13.0 Å². The van der Waals surface area contributed by atoms with Crippen LogP contribution in [0, 0.1) is 0 Å². The Hall–Kier alpha value is -0.860. The van der Waals surface area contributed by atoms with Gasteiger partial charge in [-0.05, 0) is 13.0 Å². The lowest BCUT2D eigenvalue weighted by Gasteiger charge is -2.36. The number of anilines is 1. The summed E-state index contributed by atoms with van der Waals surface area (Å²) in [6.07, 6.45) is 3.50. The fraction of sp³-hybridized carbons (Fsp3) is 0.706. The first-order chi connectivity index (χ1) is 13.6. The van der Waals surface area contributed by atoms with Gasteiger partial charge in [0.05, 0.1) is 12.3 Å². The summed E-state index contributed by atoms with van der Waals surface area (Å²) < 4.78 is 26.6. The number of hydrogen-bond acceptors (Lipinski definition) is 7. The molecule has 2 aliphatic heterocycles. The first-order valence-corrected chi connectivity index (χ1v) is 12.5. The normalized spacial score (nSPS) is 19.0. The van der Waals surface area contributed by atoms with Crippen LogP contribution in [-0.2, 0) is 10.0 Å². The number of nitrogens with one attached hydrogen (secondary N) is 1. The summed E-state index contributed by atoms with van der Waals surface area (Å²) >= 11 is 1.80. The zero-order valence-electron chi connectivity index (χ0n) is 16.7. The second-order valence-electron chi connectivity index (χ2n) is 6.59. The molecule has 2 aliphatic rings. The van der Waals surface area contributed by atoms with Crippen LogP contribution in [-0.4, -0.2) is 103 Å². The van der Waals surface area contributed by atoms with Crippen LogP contribution in [0.3, 0.4) is 0 Å². The van der Waals surface area contributed by atoms with Gasteiger partial charge in [0.1, 0.15) is 0 Å². The van der Waals surface area contributed by atoms with Crippen molar-refractivity contribution in [2.45, 2.75) is 6.92 Å². The number of aromatic nitrogens is 2. The summed E-state index contributed by atoms with van der Waals surface area (Å²) in [6, 6.07) is 1.81. The van der Waals surface area contributed by atoms with E-state index in [9.17, 15) is 8.42 Å². The molecule has 3 rings (SSSR count). The van der Waals surface area contributed by atoms with E-state index in [2.05, 4.69) is 30.1 Å². The first kappa shape index (κ1) is 24.4. The van der Waals surface area contributed by atoms with Gasteiger partial charge in [0.25, 0.3) is 0 Å². The quantitative estimate of drug-likeness (QED) is 0.309. The molecule has 0 saturated carbocycles. The highest BCUT2D eigenvalue weighted by Crippen LogP contribution is 2.13. The van der Waals surface area contributed by atoms with Gasteiger partial charge in [-0.3, -0.25) is 4.99 Å². The topological polar surface area (TPSA) is 94.0 Å². The minimum atomic E-state index is -3.23. The molecule has 2 saturated heterocycles. The summed E-state index contributed by atoms with van der Waals surface area (Å²) in [5.74, 6) is 3.33. The average molecular weight is 556 g/mol. The molecule has 29 heavy (non-hydrogen) atoms. The van der Waals surface area contributed by atoms with Crippen molar-refractivity contribution in [2.75, 3.05) is 74.5 Å². The van der Waals surface area contributed by atoms with Crippen LogP contribution >= 0.6 is 35.7 Å². The summed E-state index contributed by atoms with van der Waals surface area (Å²) in [7, 11) is -3.23. The molecule has 9 nitrogen and oxygen atoms in total. The van der Waals surface area contributed by atoms with Gasteiger partial charge in [0, 0.05) is 69.7 Å². The Morgan fingerprint density at radius 3 is 2.41 bits per heavy atom. The lowest BCUT2D eigenvalue weighted by atomic mass is 10.3. The van der Waals surface area contributed by atoms with Gasteiger partial charge in [-0.15, -0.1) is 24.0 Å². The van der Waals surface area contributed by atoms with Crippen LogP contribution in [0.5, 0.6) is 0 Å². The molecule has 1 N–H and O–H groups in total. The van der Waals surface area contributed by atoms with E-state index in [-0.39, 0.29) is 36.3 Å². The molecule has 0 bridgehead atoms. The van der Waals surface area contributed by atoms with Crippen molar-refractivity contribution in [1.29, 1.82) is 0 Å². The molecule has 3 heterocycles. The average Bonchev–Trinajstić information content (AvgIpc) is 2.74. The Balaban J connectivity index is 0.00000300. The first-order valence-electron chi connectivity index (χ1n) is 9.71. The number of piperazine rings is 1.